The van der Waals surface area contributed by atoms with E-state index in [4.69, 9.17) is 4.74 Å². The molecule has 0 radical (unpaired) electrons. The van der Waals surface area contributed by atoms with E-state index in [1.807, 2.05) is 18.7 Å². The van der Waals surface area contributed by atoms with E-state index in [-0.39, 0.29) is 29.7 Å². The largest absolute Gasteiger partial charge is 0.469 e. The predicted molar refractivity (Wildman–Crippen MR) is 85.5 cm³/mol. The van der Waals surface area contributed by atoms with Crippen molar-refractivity contribution in [1.82, 2.24) is 9.80 Å². The number of ether oxygens (including phenoxy) is 1. The Balaban J connectivity index is 1.92. The highest BCUT2D eigenvalue weighted by Gasteiger charge is 2.59. The van der Waals surface area contributed by atoms with Crippen LogP contribution in [-0.4, -0.2) is 60.9 Å². The molecule has 2 amide bonds. The lowest BCUT2D eigenvalue weighted by atomic mass is 9.92. The minimum absolute atomic E-state index is 0.0217. The molecule has 0 N–H and O–H groups in total. The molecule has 2 aliphatic rings. The maximum atomic E-state index is 12.8. The SMILES string of the molecule is COC(=O)CC1CCN(C(=O)C2(C(=O)N(C)C(C)C)CC2)CC1. The van der Waals surface area contributed by atoms with Crippen molar-refractivity contribution in [3.05, 3.63) is 0 Å². The van der Waals surface area contributed by atoms with Crippen molar-refractivity contribution < 1.29 is 19.1 Å². The Morgan fingerprint density at radius 3 is 2.22 bits per heavy atom. The standard InChI is InChI=1S/C17H28N2O4/c1-12(2)18(3)15(21)17(7-8-17)16(22)19-9-5-13(6-10-19)11-14(20)23-4/h12-13H,5-11H2,1-4H3. The van der Waals surface area contributed by atoms with Crippen LogP contribution in [0.1, 0.15) is 46.0 Å². The van der Waals surface area contributed by atoms with Crippen LogP contribution in [0.4, 0.5) is 0 Å². The zero-order valence-corrected chi connectivity index (χ0v) is 14.6. The minimum Gasteiger partial charge on any atom is -0.469 e. The molecule has 130 valence electrons. The molecule has 1 aliphatic heterocycles. The van der Waals surface area contributed by atoms with Gasteiger partial charge in [0.25, 0.3) is 0 Å². The lowest BCUT2D eigenvalue weighted by Crippen LogP contribution is -2.49. The van der Waals surface area contributed by atoms with Crippen molar-refractivity contribution in [3.63, 3.8) is 0 Å². The molecular formula is C17H28N2O4. The predicted octanol–water partition coefficient (Wildman–Crippen LogP) is 1.44. The van der Waals surface area contributed by atoms with E-state index >= 15 is 0 Å². The lowest BCUT2D eigenvalue weighted by Gasteiger charge is -2.35. The summed E-state index contributed by atoms with van der Waals surface area (Å²) in [5.74, 6) is 0.0126. The Kier molecular flexibility index (Phi) is 5.32. The number of rotatable bonds is 5. The zero-order chi connectivity index (χ0) is 17.2. The number of hydrogen-bond acceptors (Lipinski definition) is 4. The van der Waals surface area contributed by atoms with Gasteiger partial charge in [0.1, 0.15) is 5.41 Å². The lowest BCUT2D eigenvalue weighted by molar-refractivity contribution is -0.150. The molecule has 0 aromatic heterocycles. The molecule has 1 saturated heterocycles. The Morgan fingerprint density at radius 2 is 1.78 bits per heavy atom. The average Bonchev–Trinajstić information content (AvgIpc) is 3.35. The smallest absolute Gasteiger partial charge is 0.305 e. The highest BCUT2D eigenvalue weighted by Crippen LogP contribution is 2.49. The monoisotopic (exact) mass is 324 g/mol. The van der Waals surface area contributed by atoms with Crippen molar-refractivity contribution in [1.29, 1.82) is 0 Å². The van der Waals surface area contributed by atoms with Crippen LogP contribution in [0, 0.1) is 11.3 Å². The number of hydrogen-bond donors (Lipinski definition) is 0. The Hall–Kier alpha value is -1.59. The maximum absolute atomic E-state index is 12.8. The van der Waals surface area contributed by atoms with Gasteiger partial charge in [-0.1, -0.05) is 0 Å². The molecule has 0 bridgehead atoms. The van der Waals surface area contributed by atoms with E-state index in [2.05, 4.69) is 0 Å². The number of amides is 2. The Morgan fingerprint density at radius 1 is 1.22 bits per heavy atom. The minimum atomic E-state index is -0.811. The second-order valence-corrected chi connectivity index (χ2v) is 7.11. The fourth-order valence-corrected chi connectivity index (χ4v) is 3.18. The molecule has 23 heavy (non-hydrogen) atoms. The number of piperidine rings is 1. The zero-order valence-electron chi connectivity index (χ0n) is 14.6. The normalized spacial score (nSPS) is 20.3. The van der Waals surface area contributed by atoms with Gasteiger partial charge >= 0.3 is 5.97 Å². The van der Waals surface area contributed by atoms with Crippen LogP contribution in [-0.2, 0) is 19.1 Å². The molecule has 0 atom stereocenters. The molecule has 6 nitrogen and oxygen atoms in total. The summed E-state index contributed by atoms with van der Waals surface area (Å²) in [5, 5.41) is 0. The van der Waals surface area contributed by atoms with Gasteiger partial charge in [0, 0.05) is 32.6 Å². The summed E-state index contributed by atoms with van der Waals surface area (Å²) in [6, 6.07) is 0.0959. The van der Waals surface area contributed by atoms with Gasteiger partial charge in [-0.2, -0.15) is 0 Å². The summed E-state index contributed by atoms with van der Waals surface area (Å²) in [5.41, 5.74) is -0.811. The highest BCUT2D eigenvalue weighted by molar-refractivity contribution is 6.07. The molecule has 2 fully saturated rings. The second-order valence-electron chi connectivity index (χ2n) is 7.11. The molecule has 0 spiro atoms. The van der Waals surface area contributed by atoms with Gasteiger partial charge < -0.3 is 14.5 Å². The van der Waals surface area contributed by atoms with Crippen LogP contribution in [0.2, 0.25) is 0 Å². The molecule has 0 unspecified atom stereocenters. The molecule has 0 aromatic rings. The molecular weight excluding hydrogens is 296 g/mol. The number of nitrogens with zero attached hydrogens (tertiary/aromatic N) is 2. The first kappa shape index (κ1) is 17.8. The van der Waals surface area contributed by atoms with Gasteiger partial charge in [0.15, 0.2) is 0 Å². The number of carbonyl (C=O) groups is 3. The number of likely N-dealkylation sites (tertiary alicyclic amines) is 1. The van der Waals surface area contributed by atoms with Crippen LogP contribution in [0.5, 0.6) is 0 Å². The molecule has 2 rings (SSSR count). The number of methoxy groups -OCH3 is 1. The van der Waals surface area contributed by atoms with Crippen LogP contribution in [0.25, 0.3) is 0 Å². The van der Waals surface area contributed by atoms with Gasteiger partial charge in [0.05, 0.1) is 7.11 Å². The summed E-state index contributed by atoms with van der Waals surface area (Å²) in [6.45, 7) is 5.16. The quantitative estimate of drug-likeness (QED) is 0.567. The van der Waals surface area contributed by atoms with Crippen molar-refractivity contribution in [2.24, 2.45) is 11.3 Å². The first-order valence-electron chi connectivity index (χ1n) is 8.45. The van der Waals surface area contributed by atoms with E-state index in [0.29, 0.717) is 32.4 Å². The fourth-order valence-electron chi connectivity index (χ4n) is 3.18. The van der Waals surface area contributed by atoms with E-state index in [1.54, 1.807) is 11.9 Å². The molecule has 1 aliphatic carbocycles. The topological polar surface area (TPSA) is 66.9 Å². The third-order valence-electron chi connectivity index (χ3n) is 5.25. The molecule has 6 heteroatoms. The molecule has 1 heterocycles. The number of esters is 1. The summed E-state index contributed by atoms with van der Waals surface area (Å²) in [4.78, 5) is 40.3. The van der Waals surface area contributed by atoms with Crippen LogP contribution in [0.15, 0.2) is 0 Å². The first-order valence-corrected chi connectivity index (χ1v) is 8.45. The van der Waals surface area contributed by atoms with Crippen LogP contribution < -0.4 is 0 Å². The van der Waals surface area contributed by atoms with Crippen molar-refractivity contribution in [3.8, 4) is 0 Å². The second kappa shape index (κ2) is 6.89. The van der Waals surface area contributed by atoms with Gasteiger partial charge in [-0.25, -0.2) is 0 Å². The summed E-state index contributed by atoms with van der Waals surface area (Å²) in [7, 11) is 3.16. The van der Waals surface area contributed by atoms with E-state index < -0.39 is 5.41 Å². The first-order chi connectivity index (χ1) is 10.8. The maximum Gasteiger partial charge on any atom is 0.305 e. The van der Waals surface area contributed by atoms with Crippen molar-refractivity contribution in [2.45, 2.75) is 52.0 Å². The Bertz CT molecular complexity index is 477. The van der Waals surface area contributed by atoms with Gasteiger partial charge in [-0.15, -0.1) is 0 Å². The fraction of sp³-hybridized carbons (Fsp3) is 0.824. The Labute approximate surface area is 138 Å². The van der Waals surface area contributed by atoms with E-state index in [9.17, 15) is 14.4 Å². The molecule has 1 saturated carbocycles. The molecule has 0 aromatic carbocycles. The summed E-state index contributed by atoms with van der Waals surface area (Å²) >= 11 is 0. The van der Waals surface area contributed by atoms with E-state index in [0.717, 1.165) is 12.8 Å². The highest BCUT2D eigenvalue weighted by atomic mass is 16.5. The van der Waals surface area contributed by atoms with Gasteiger partial charge in [-0.3, -0.25) is 14.4 Å². The van der Waals surface area contributed by atoms with Crippen LogP contribution >= 0.6 is 0 Å². The third kappa shape index (κ3) is 3.67. The average molecular weight is 324 g/mol. The summed E-state index contributed by atoms with van der Waals surface area (Å²) in [6.07, 6.45) is 3.32. The van der Waals surface area contributed by atoms with E-state index in [1.165, 1.54) is 7.11 Å². The van der Waals surface area contributed by atoms with Gasteiger partial charge in [-0.05, 0) is 45.4 Å². The van der Waals surface area contributed by atoms with Gasteiger partial charge in [0.2, 0.25) is 11.8 Å². The third-order valence-corrected chi connectivity index (χ3v) is 5.25. The van der Waals surface area contributed by atoms with Crippen molar-refractivity contribution >= 4 is 17.8 Å². The number of carbonyl (C=O) groups excluding carboxylic acids is 3. The van der Waals surface area contributed by atoms with Crippen LogP contribution in [0.3, 0.4) is 0 Å². The summed E-state index contributed by atoms with van der Waals surface area (Å²) < 4.78 is 4.70. The van der Waals surface area contributed by atoms with Crippen molar-refractivity contribution in [2.75, 3.05) is 27.2 Å².